The van der Waals surface area contributed by atoms with Crippen molar-refractivity contribution in [2.24, 2.45) is 0 Å². The number of aromatic nitrogens is 1. The number of amides is 1. The van der Waals surface area contributed by atoms with E-state index in [1.54, 1.807) is 0 Å². The number of hydrogen-bond donors (Lipinski definition) is 1. The zero-order valence-corrected chi connectivity index (χ0v) is 13.8. The average molecular weight is 365 g/mol. The first-order valence-corrected chi connectivity index (χ1v) is 7.40. The van der Waals surface area contributed by atoms with Gasteiger partial charge in [-0.15, -0.1) is 0 Å². The van der Waals surface area contributed by atoms with Crippen LogP contribution in [0.4, 0.5) is 10.8 Å². The third kappa shape index (κ3) is 4.14. The molecule has 1 aromatic heterocycles. The van der Waals surface area contributed by atoms with Gasteiger partial charge in [-0.2, -0.15) is 0 Å². The van der Waals surface area contributed by atoms with Gasteiger partial charge in [-0.1, -0.05) is 11.3 Å². The number of methoxy groups -OCH3 is 2. The van der Waals surface area contributed by atoms with Gasteiger partial charge in [-0.05, 0) is 6.07 Å². The Kier molecular flexibility index (Phi) is 5.39. The number of rotatable bonds is 5. The summed E-state index contributed by atoms with van der Waals surface area (Å²) in [5.41, 5.74) is -0.719. The number of esters is 2. The first-order valence-electron chi connectivity index (χ1n) is 6.59. The standard InChI is InChI=1S/C14H11N3O7S/c1-23-12(19)8-3-7(4-9(5-8)17(21)22)11(18)16-14-15-6-10(25-14)13(20)24-2/h3-6H,1-2H3,(H,15,16,18). The van der Waals surface area contributed by atoms with Crippen LogP contribution in [0.5, 0.6) is 0 Å². The first-order chi connectivity index (χ1) is 11.8. The predicted octanol–water partition coefficient (Wildman–Crippen LogP) is 1.88. The average Bonchev–Trinajstić information content (AvgIpc) is 3.08. The van der Waals surface area contributed by atoms with Crippen LogP contribution in [0.1, 0.15) is 30.4 Å². The van der Waals surface area contributed by atoms with Crippen molar-refractivity contribution >= 4 is 40.0 Å². The van der Waals surface area contributed by atoms with Crippen LogP contribution >= 0.6 is 11.3 Å². The van der Waals surface area contributed by atoms with Crippen molar-refractivity contribution in [2.45, 2.75) is 0 Å². The quantitative estimate of drug-likeness (QED) is 0.481. The van der Waals surface area contributed by atoms with Gasteiger partial charge in [0, 0.05) is 17.7 Å². The first kappa shape index (κ1) is 18.0. The number of nitrogens with one attached hydrogen (secondary N) is 1. The van der Waals surface area contributed by atoms with E-state index >= 15 is 0 Å². The largest absolute Gasteiger partial charge is 0.465 e. The summed E-state index contributed by atoms with van der Waals surface area (Å²) in [6.07, 6.45) is 1.22. The third-order valence-electron chi connectivity index (χ3n) is 2.92. The Morgan fingerprint density at radius 1 is 1.12 bits per heavy atom. The molecular weight excluding hydrogens is 354 g/mol. The number of hydrogen-bond acceptors (Lipinski definition) is 9. The number of carbonyl (C=O) groups is 3. The number of benzene rings is 1. The van der Waals surface area contributed by atoms with E-state index in [0.29, 0.717) is 0 Å². The molecule has 2 rings (SSSR count). The second-order valence-electron chi connectivity index (χ2n) is 4.49. The fraction of sp³-hybridized carbons (Fsp3) is 0.143. The normalized spacial score (nSPS) is 10.0. The predicted molar refractivity (Wildman–Crippen MR) is 85.8 cm³/mol. The van der Waals surface area contributed by atoms with Crippen LogP contribution in [-0.4, -0.2) is 42.0 Å². The number of thiazole rings is 1. The van der Waals surface area contributed by atoms with Gasteiger partial charge < -0.3 is 9.47 Å². The van der Waals surface area contributed by atoms with Crippen molar-refractivity contribution in [1.29, 1.82) is 0 Å². The fourth-order valence-electron chi connectivity index (χ4n) is 1.78. The second kappa shape index (κ2) is 7.49. The summed E-state index contributed by atoms with van der Waals surface area (Å²) in [5, 5.41) is 13.5. The molecule has 1 N–H and O–H groups in total. The third-order valence-corrected chi connectivity index (χ3v) is 3.82. The fourth-order valence-corrected chi connectivity index (χ4v) is 2.51. The van der Waals surface area contributed by atoms with E-state index in [4.69, 9.17) is 0 Å². The maximum absolute atomic E-state index is 12.3. The summed E-state index contributed by atoms with van der Waals surface area (Å²) in [7, 11) is 2.32. The molecule has 0 spiro atoms. The van der Waals surface area contributed by atoms with Crippen molar-refractivity contribution in [1.82, 2.24) is 4.98 Å². The lowest BCUT2D eigenvalue weighted by atomic mass is 10.1. The van der Waals surface area contributed by atoms with Crippen molar-refractivity contribution in [3.63, 3.8) is 0 Å². The van der Waals surface area contributed by atoms with Gasteiger partial charge in [-0.3, -0.25) is 20.2 Å². The Morgan fingerprint density at radius 3 is 2.36 bits per heavy atom. The van der Waals surface area contributed by atoms with Gasteiger partial charge in [0.2, 0.25) is 0 Å². The molecule has 0 aliphatic rings. The van der Waals surface area contributed by atoms with E-state index in [1.165, 1.54) is 13.3 Å². The zero-order chi connectivity index (χ0) is 18.6. The molecule has 1 amide bonds. The smallest absolute Gasteiger partial charge is 0.349 e. The highest BCUT2D eigenvalue weighted by molar-refractivity contribution is 7.17. The molecule has 1 aromatic carbocycles. The Morgan fingerprint density at radius 2 is 1.76 bits per heavy atom. The van der Waals surface area contributed by atoms with Crippen LogP contribution in [0, 0.1) is 10.1 Å². The molecule has 0 saturated carbocycles. The lowest BCUT2D eigenvalue weighted by Crippen LogP contribution is -2.13. The maximum atomic E-state index is 12.3. The van der Waals surface area contributed by atoms with Crippen LogP contribution in [0.3, 0.4) is 0 Å². The summed E-state index contributed by atoms with van der Waals surface area (Å²) in [4.78, 5) is 49.5. The zero-order valence-electron chi connectivity index (χ0n) is 13.0. The van der Waals surface area contributed by atoms with Crippen LogP contribution in [0.25, 0.3) is 0 Å². The highest BCUT2D eigenvalue weighted by Crippen LogP contribution is 2.22. The molecule has 0 fully saturated rings. The molecule has 0 radical (unpaired) electrons. The van der Waals surface area contributed by atoms with Crippen LogP contribution in [0.15, 0.2) is 24.4 Å². The van der Waals surface area contributed by atoms with Crippen LogP contribution in [0.2, 0.25) is 0 Å². The second-order valence-corrected chi connectivity index (χ2v) is 5.52. The SMILES string of the molecule is COC(=O)c1cc(C(=O)Nc2ncc(C(=O)OC)s2)cc([N+](=O)[O-])c1. The Hall–Kier alpha value is -3.34. The lowest BCUT2D eigenvalue weighted by molar-refractivity contribution is -0.384. The van der Waals surface area contributed by atoms with Gasteiger partial charge in [0.1, 0.15) is 4.88 Å². The highest BCUT2D eigenvalue weighted by Gasteiger charge is 2.19. The van der Waals surface area contributed by atoms with E-state index in [2.05, 4.69) is 19.8 Å². The van der Waals surface area contributed by atoms with E-state index in [1.807, 2.05) is 0 Å². The van der Waals surface area contributed by atoms with E-state index < -0.39 is 28.5 Å². The maximum Gasteiger partial charge on any atom is 0.349 e. The minimum Gasteiger partial charge on any atom is -0.465 e. The van der Waals surface area contributed by atoms with E-state index in [9.17, 15) is 24.5 Å². The van der Waals surface area contributed by atoms with E-state index in [0.717, 1.165) is 36.6 Å². The monoisotopic (exact) mass is 365 g/mol. The summed E-state index contributed by atoms with van der Waals surface area (Å²) >= 11 is 0.871. The molecule has 1 heterocycles. The molecule has 0 atom stereocenters. The number of nitro groups is 1. The number of ether oxygens (including phenoxy) is 2. The number of non-ortho nitro benzene ring substituents is 1. The van der Waals surface area contributed by atoms with E-state index in [-0.39, 0.29) is 21.1 Å². The Bertz CT molecular complexity index is 862. The molecule has 0 saturated heterocycles. The van der Waals surface area contributed by atoms with Crippen molar-refractivity contribution in [3.8, 4) is 0 Å². The molecular formula is C14H11N3O7S. The van der Waals surface area contributed by atoms with Crippen LogP contribution in [-0.2, 0) is 9.47 Å². The summed E-state index contributed by atoms with van der Waals surface area (Å²) in [5.74, 6) is -2.17. The summed E-state index contributed by atoms with van der Waals surface area (Å²) < 4.78 is 9.04. The van der Waals surface area contributed by atoms with Gasteiger partial charge >= 0.3 is 11.9 Å². The van der Waals surface area contributed by atoms with Gasteiger partial charge in [-0.25, -0.2) is 14.6 Å². The Labute approximate surface area is 144 Å². The van der Waals surface area contributed by atoms with Crippen molar-refractivity contribution < 1.29 is 28.8 Å². The molecule has 0 unspecified atom stereocenters. The summed E-state index contributed by atoms with van der Waals surface area (Å²) in [6.45, 7) is 0. The molecule has 11 heteroatoms. The topological polar surface area (TPSA) is 138 Å². The van der Waals surface area contributed by atoms with Gasteiger partial charge in [0.25, 0.3) is 11.6 Å². The molecule has 2 aromatic rings. The Balaban J connectivity index is 2.30. The lowest BCUT2D eigenvalue weighted by Gasteiger charge is -2.05. The van der Waals surface area contributed by atoms with Gasteiger partial charge in [0.05, 0.1) is 30.9 Å². The number of nitrogens with zero attached hydrogens (tertiary/aromatic N) is 2. The molecule has 0 aliphatic heterocycles. The number of anilines is 1. The van der Waals surface area contributed by atoms with Crippen LogP contribution < -0.4 is 5.32 Å². The molecule has 0 bridgehead atoms. The minimum absolute atomic E-state index is 0.0940. The van der Waals surface area contributed by atoms with Gasteiger partial charge in [0.15, 0.2) is 5.13 Å². The molecule has 0 aliphatic carbocycles. The van der Waals surface area contributed by atoms with Crippen molar-refractivity contribution in [3.05, 3.63) is 50.5 Å². The number of carbonyl (C=O) groups excluding carboxylic acids is 3. The number of nitro benzene ring substituents is 1. The molecule has 10 nitrogen and oxygen atoms in total. The molecule has 25 heavy (non-hydrogen) atoms. The molecule has 130 valence electrons. The highest BCUT2D eigenvalue weighted by atomic mass is 32.1. The minimum atomic E-state index is -0.819. The summed E-state index contributed by atoms with van der Waals surface area (Å²) in [6, 6.07) is 3.17. The van der Waals surface area contributed by atoms with Crippen molar-refractivity contribution in [2.75, 3.05) is 19.5 Å².